The van der Waals surface area contributed by atoms with Gasteiger partial charge in [0.2, 0.25) is 0 Å². The van der Waals surface area contributed by atoms with Crippen molar-refractivity contribution in [2.24, 2.45) is 0 Å². The summed E-state index contributed by atoms with van der Waals surface area (Å²) in [7, 11) is -10.7. The zero-order chi connectivity index (χ0) is 50.5. The Morgan fingerprint density at radius 2 is 1.01 bits per heavy atom. The first-order valence-electron chi connectivity index (χ1n) is 23.9. The van der Waals surface area contributed by atoms with Crippen molar-refractivity contribution < 1.29 is 82.0 Å². The predicted octanol–water partition coefficient (Wildman–Crippen LogP) is 8.14. The van der Waals surface area contributed by atoms with Gasteiger partial charge in [0.25, 0.3) is 0 Å². The van der Waals surface area contributed by atoms with Crippen molar-refractivity contribution in [1.82, 2.24) is 0 Å². The van der Waals surface area contributed by atoms with Crippen LogP contribution < -0.4 is 0 Å². The number of phosphoric ester groups is 2. The maximum Gasteiger partial charge on any atom is 0.472 e. The predicted molar refractivity (Wildman–Crippen MR) is 261 cm³/mol. The molecule has 1 fully saturated rings. The smallest absolute Gasteiger partial charge is 0.462 e. The van der Waals surface area contributed by atoms with Crippen molar-refractivity contribution in [2.75, 3.05) is 13.2 Å². The van der Waals surface area contributed by atoms with Crippen molar-refractivity contribution in [3.8, 4) is 0 Å². The lowest BCUT2D eigenvalue weighted by Gasteiger charge is -2.43. The average Bonchev–Trinajstić information content (AvgIpc) is 3.29. The van der Waals surface area contributed by atoms with E-state index >= 15 is 0 Å². The van der Waals surface area contributed by atoms with E-state index in [-0.39, 0.29) is 12.8 Å². The van der Waals surface area contributed by atoms with Crippen LogP contribution in [0.25, 0.3) is 0 Å². The number of hydrogen-bond donors (Lipinski definition) is 8. The van der Waals surface area contributed by atoms with E-state index in [1.165, 1.54) is 32.1 Å². The maximum absolute atomic E-state index is 13.0. The molecule has 1 aliphatic rings. The van der Waals surface area contributed by atoms with Crippen LogP contribution in [-0.4, -0.2) is 114 Å². The van der Waals surface area contributed by atoms with Gasteiger partial charge in [0.15, 0.2) is 6.10 Å². The molecule has 0 aromatic carbocycles. The molecule has 0 spiro atoms. The van der Waals surface area contributed by atoms with E-state index in [4.69, 9.17) is 18.5 Å². The number of aliphatic hydroxyl groups is 5. The molecule has 19 heteroatoms. The van der Waals surface area contributed by atoms with Gasteiger partial charge < -0.3 is 49.7 Å². The van der Waals surface area contributed by atoms with E-state index < -0.39 is 89.6 Å². The monoisotopic (exact) mass is 1000 g/mol. The summed E-state index contributed by atoms with van der Waals surface area (Å²) in [6.45, 7) is 2.87. The molecular formula is C49H80O17P2. The van der Waals surface area contributed by atoms with Gasteiger partial charge in [0.05, 0.1) is 12.7 Å². The molecule has 1 aliphatic carbocycles. The van der Waals surface area contributed by atoms with Crippen molar-refractivity contribution >= 4 is 27.6 Å². The topological polar surface area (TPSA) is 276 Å². The van der Waals surface area contributed by atoms with Crippen molar-refractivity contribution in [1.29, 1.82) is 0 Å². The molecule has 388 valence electrons. The largest absolute Gasteiger partial charge is 0.472 e. The highest BCUT2D eigenvalue weighted by Gasteiger charge is 2.54. The number of hydrogen-bond acceptors (Lipinski definition) is 14. The Labute approximate surface area is 403 Å². The highest BCUT2D eigenvalue weighted by molar-refractivity contribution is 7.47. The van der Waals surface area contributed by atoms with Crippen LogP contribution in [0.5, 0.6) is 0 Å². The van der Waals surface area contributed by atoms with E-state index in [0.29, 0.717) is 44.9 Å². The van der Waals surface area contributed by atoms with Crippen LogP contribution in [0.15, 0.2) is 97.2 Å². The lowest BCUT2D eigenvalue weighted by molar-refractivity contribution is -0.216. The Balaban J connectivity index is 2.70. The first-order chi connectivity index (χ1) is 32.5. The number of carbonyl (C=O) groups is 2. The Morgan fingerprint density at radius 3 is 1.54 bits per heavy atom. The third-order valence-corrected chi connectivity index (χ3v) is 11.7. The molecule has 0 aromatic heterocycles. The molecule has 0 heterocycles. The number of rotatable bonds is 38. The van der Waals surface area contributed by atoms with Crippen LogP contribution in [0.1, 0.15) is 136 Å². The average molecular weight is 1000 g/mol. The fourth-order valence-electron chi connectivity index (χ4n) is 6.44. The number of ether oxygens (including phenoxy) is 2. The lowest BCUT2D eigenvalue weighted by atomic mass is 9.85. The highest BCUT2D eigenvalue weighted by atomic mass is 31.2. The van der Waals surface area contributed by atoms with Crippen LogP contribution in [0.4, 0.5) is 0 Å². The van der Waals surface area contributed by atoms with Gasteiger partial charge in [-0.2, -0.15) is 0 Å². The SMILES string of the molecule is CCCCC/C=C\C=C/[C@@H](O)C/C=C\C/C=C/CCCC(=O)OC[C@H](COP(=O)(O)O[C@H]1C(O)C(O)C(O)[C@@H](OP(=O)(O)O)C1O)OC(=O)CCC/C=C\C/C=C\C/C=C\C/C=C\CCCCC. The number of phosphoric acid groups is 2. The third-order valence-electron chi connectivity index (χ3n) is 10.2. The first kappa shape index (κ1) is 62.9. The minimum atomic E-state index is -5.39. The fourth-order valence-corrected chi connectivity index (χ4v) is 7.98. The third kappa shape index (κ3) is 32.6. The zero-order valence-corrected chi connectivity index (χ0v) is 41.6. The summed E-state index contributed by atoms with van der Waals surface area (Å²) < 4.78 is 49.2. The Bertz CT molecular complexity index is 1700. The van der Waals surface area contributed by atoms with Gasteiger partial charge >= 0.3 is 27.6 Å². The van der Waals surface area contributed by atoms with Crippen LogP contribution >= 0.6 is 15.6 Å². The molecule has 0 aliphatic heterocycles. The first-order valence-corrected chi connectivity index (χ1v) is 26.9. The van der Waals surface area contributed by atoms with Gasteiger partial charge in [-0.15, -0.1) is 0 Å². The van der Waals surface area contributed by atoms with Crippen molar-refractivity contribution in [3.63, 3.8) is 0 Å². The molecule has 9 atom stereocenters. The number of allylic oxidation sites excluding steroid dienone is 14. The van der Waals surface area contributed by atoms with Gasteiger partial charge in [0.1, 0.15) is 43.2 Å². The van der Waals surface area contributed by atoms with Gasteiger partial charge in [0, 0.05) is 12.8 Å². The normalized spacial score (nSPS) is 22.6. The Hall–Kier alpha value is -3.12. The number of aliphatic hydroxyl groups excluding tert-OH is 5. The minimum absolute atomic E-state index is 0.00650. The summed E-state index contributed by atoms with van der Waals surface area (Å²) in [4.78, 5) is 54.3. The van der Waals surface area contributed by atoms with E-state index in [1.54, 1.807) is 6.08 Å². The quantitative estimate of drug-likeness (QED) is 0.00953. The molecule has 17 nitrogen and oxygen atoms in total. The summed E-state index contributed by atoms with van der Waals surface area (Å²) in [5.74, 6) is -1.39. The van der Waals surface area contributed by atoms with Gasteiger partial charge in [-0.1, -0.05) is 137 Å². The molecule has 0 bridgehead atoms. The van der Waals surface area contributed by atoms with Crippen molar-refractivity contribution in [2.45, 2.75) is 185 Å². The summed E-state index contributed by atoms with van der Waals surface area (Å²) in [5, 5.41) is 51.3. The number of esters is 2. The summed E-state index contributed by atoms with van der Waals surface area (Å²) >= 11 is 0. The highest BCUT2D eigenvalue weighted by Crippen LogP contribution is 2.49. The van der Waals surface area contributed by atoms with Gasteiger partial charge in [-0.05, 0) is 83.5 Å². The molecule has 0 amide bonds. The summed E-state index contributed by atoms with van der Waals surface area (Å²) in [6.07, 6.45) is 31.1. The van der Waals surface area contributed by atoms with E-state index in [1.807, 2.05) is 54.7 Å². The number of carbonyl (C=O) groups excluding carboxylic acids is 2. The Morgan fingerprint density at radius 1 is 0.544 bits per heavy atom. The van der Waals surface area contributed by atoms with Gasteiger partial charge in [-0.3, -0.25) is 23.2 Å². The van der Waals surface area contributed by atoms with Crippen LogP contribution in [0, 0.1) is 0 Å². The molecule has 1 rings (SSSR count). The van der Waals surface area contributed by atoms with E-state index in [2.05, 4.69) is 54.8 Å². The lowest BCUT2D eigenvalue weighted by Crippen LogP contribution is -2.64. The molecule has 8 N–H and O–H groups in total. The Kier molecular flexibility index (Phi) is 35.7. The van der Waals surface area contributed by atoms with E-state index in [0.717, 1.165) is 32.1 Å². The molecule has 5 unspecified atom stereocenters. The van der Waals surface area contributed by atoms with Crippen LogP contribution in [0.2, 0.25) is 0 Å². The van der Waals surface area contributed by atoms with E-state index in [9.17, 15) is 58.9 Å². The molecule has 1 saturated carbocycles. The summed E-state index contributed by atoms with van der Waals surface area (Å²) in [5.41, 5.74) is 0. The molecule has 0 saturated heterocycles. The molecule has 0 aromatic rings. The zero-order valence-electron chi connectivity index (χ0n) is 39.9. The van der Waals surface area contributed by atoms with Crippen molar-refractivity contribution in [3.05, 3.63) is 97.2 Å². The molecule has 0 radical (unpaired) electrons. The molecular weight excluding hydrogens is 922 g/mol. The minimum Gasteiger partial charge on any atom is -0.462 e. The second kappa shape index (κ2) is 38.6. The van der Waals surface area contributed by atoms with Crippen LogP contribution in [0.3, 0.4) is 0 Å². The second-order valence-corrected chi connectivity index (χ2v) is 18.9. The maximum atomic E-state index is 13.0. The molecule has 68 heavy (non-hydrogen) atoms. The summed E-state index contributed by atoms with van der Waals surface area (Å²) in [6, 6.07) is 0. The number of unbranched alkanes of at least 4 members (excludes halogenated alkanes) is 8. The standard InChI is InChI=1S/C49H80O17P2/c1-3-5-7-9-11-12-13-14-15-16-17-18-19-20-24-29-33-37-43(52)64-41(39-63-68(60,61)66-49-46(55)44(53)45(54)48(47(49)56)65-67(57,58)59)38-62-42(51)36-32-28-25-21-23-27-31-35-40(50)34-30-26-22-10-8-6-4-2/h11-12,14-15,17-18,20-22,24-27,30-31,34,40-41,44-50,53-56H,3-10,13,16,19,23,28-29,32-33,35-39H2,1-2H3,(H,60,61)(H2,57,58,59)/b12-11-,15-14-,18-17-,24-20-,25-21+,26-22-,31-27-,34-30-/t40-,41-,44?,45?,46?,47?,48-,49+/m1/s1. The fraction of sp³-hybridized carbons (Fsp3) is 0.633. The van der Waals surface area contributed by atoms with Crippen LogP contribution in [-0.2, 0) is 41.8 Å². The van der Waals surface area contributed by atoms with Gasteiger partial charge in [-0.25, -0.2) is 9.13 Å². The second-order valence-electron chi connectivity index (χ2n) is 16.3.